The molecule has 0 aliphatic rings. The van der Waals surface area contributed by atoms with Gasteiger partial charge in [0.2, 0.25) is 0 Å². The average Bonchev–Trinajstić information content (AvgIpc) is 3.26. The first-order valence-electron chi connectivity index (χ1n) is 8.42. The first-order valence-corrected chi connectivity index (χ1v) is 9.30. The zero-order valence-corrected chi connectivity index (χ0v) is 15.7. The van der Waals surface area contributed by atoms with Crippen molar-refractivity contribution in [2.75, 3.05) is 11.9 Å². The molecule has 4 heterocycles. The molecule has 0 radical (unpaired) electrons. The van der Waals surface area contributed by atoms with Crippen molar-refractivity contribution in [3.63, 3.8) is 0 Å². The zero-order chi connectivity index (χ0) is 18.8. The number of aromatic nitrogens is 4. The Morgan fingerprint density at radius 2 is 2.04 bits per heavy atom. The molecule has 0 fully saturated rings. The van der Waals surface area contributed by atoms with Crippen molar-refractivity contribution in [2.45, 2.75) is 6.92 Å². The van der Waals surface area contributed by atoms with Crippen molar-refractivity contribution in [3.05, 3.63) is 53.8 Å². The molecule has 136 valence electrons. The van der Waals surface area contributed by atoms with Gasteiger partial charge in [0.05, 0.1) is 16.8 Å². The maximum atomic E-state index is 11.9. The number of nitrogens with zero attached hydrogens (tertiary/aromatic N) is 4. The van der Waals surface area contributed by atoms with Crippen LogP contribution >= 0.6 is 11.3 Å². The molecule has 0 saturated carbocycles. The van der Waals surface area contributed by atoms with Gasteiger partial charge >= 0.3 is 5.97 Å². The van der Waals surface area contributed by atoms with Crippen molar-refractivity contribution in [1.82, 2.24) is 19.7 Å². The van der Waals surface area contributed by atoms with Gasteiger partial charge in [-0.2, -0.15) is 5.10 Å². The fraction of sp³-hybridized carbons (Fsp3) is 0.158. The number of anilines is 2. The first-order chi connectivity index (χ1) is 13.2. The fourth-order valence-corrected chi connectivity index (χ4v) is 3.68. The second kappa shape index (κ2) is 7.16. The summed E-state index contributed by atoms with van der Waals surface area (Å²) >= 11 is 1.65. The Morgan fingerprint density at radius 3 is 2.81 bits per heavy atom. The Hall–Kier alpha value is -3.26. The van der Waals surface area contributed by atoms with Gasteiger partial charge in [0.1, 0.15) is 11.5 Å². The number of hydrogen-bond acceptors (Lipinski definition) is 7. The van der Waals surface area contributed by atoms with Crippen LogP contribution in [-0.4, -0.2) is 32.3 Å². The van der Waals surface area contributed by atoms with Crippen LogP contribution in [-0.2, 0) is 11.8 Å². The van der Waals surface area contributed by atoms with Gasteiger partial charge < -0.3 is 10.1 Å². The number of nitrogens with one attached hydrogen (secondary N) is 1. The number of thiophene rings is 1. The maximum absolute atomic E-state index is 11.9. The van der Waals surface area contributed by atoms with Crippen molar-refractivity contribution >= 4 is 39.2 Å². The first kappa shape index (κ1) is 17.2. The standard InChI is InChI=1S/C19H17N5O2S/c1-3-26-19(25)14-10-17(23-24(14)2)21-16-5-4-15-18(22-16)13(11-27-15)12-6-8-20-9-7-12/h4-11H,3H2,1-2H3,(H,21,22,23). The average molecular weight is 379 g/mol. The van der Waals surface area contributed by atoms with Crippen LogP contribution in [0.2, 0.25) is 0 Å². The Balaban J connectivity index is 1.65. The minimum atomic E-state index is -0.401. The molecule has 0 amide bonds. The van der Waals surface area contributed by atoms with Crippen molar-refractivity contribution < 1.29 is 9.53 Å². The van der Waals surface area contributed by atoms with Crippen molar-refractivity contribution in [3.8, 4) is 11.1 Å². The molecule has 0 atom stereocenters. The highest BCUT2D eigenvalue weighted by Gasteiger charge is 2.15. The molecule has 0 unspecified atom stereocenters. The number of aryl methyl sites for hydroxylation is 1. The minimum absolute atomic E-state index is 0.320. The number of ether oxygens (including phenoxy) is 1. The summed E-state index contributed by atoms with van der Waals surface area (Å²) in [7, 11) is 1.70. The topological polar surface area (TPSA) is 81.9 Å². The van der Waals surface area contributed by atoms with Crippen LogP contribution in [0.15, 0.2) is 48.1 Å². The molecule has 4 aromatic rings. The summed E-state index contributed by atoms with van der Waals surface area (Å²) in [6.07, 6.45) is 3.54. The third-order valence-electron chi connectivity index (χ3n) is 4.03. The Kier molecular flexibility index (Phi) is 4.55. The molecule has 8 heteroatoms. The second-order valence-corrected chi connectivity index (χ2v) is 6.72. The van der Waals surface area contributed by atoms with Gasteiger partial charge in [0.15, 0.2) is 5.82 Å². The summed E-state index contributed by atoms with van der Waals surface area (Å²) in [6, 6.07) is 9.51. The molecule has 0 aliphatic carbocycles. The molecule has 0 bridgehead atoms. The summed E-state index contributed by atoms with van der Waals surface area (Å²) in [5.41, 5.74) is 3.43. The van der Waals surface area contributed by atoms with Gasteiger partial charge in [-0.05, 0) is 36.8 Å². The number of carbonyl (C=O) groups excluding carboxylic acids is 1. The highest BCUT2D eigenvalue weighted by Crippen LogP contribution is 2.33. The van der Waals surface area contributed by atoms with Crippen LogP contribution in [0.1, 0.15) is 17.4 Å². The lowest BCUT2D eigenvalue weighted by Crippen LogP contribution is -2.10. The number of rotatable bonds is 5. The van der Waals surface area contributed by atoms with Gasteiger partial charge in [-0.25, -0.2) is 9.78 Å². The SMILES string of the molecule is CCOC(=O)c1cc(Nc2ccc3scc(-c4ccncc4)c3n2)nn1C. The number of pyridine rings is 2. The van der Waals surface area contributed by atoms with Gasteiger partial charge in [-0.15, -0.1) is 11.3 Å². The Bertz CT molecular complexity index is 1100. The van der Waals surface area contributed by atoms with Crippen LogP contribution in [0.3, 0.4) is 0 Å². The molecule has 7 nitrogen and oxygen atoms in total. The summed E-state index contributed by atoms with van der Waals surface area (Å²) < 4.78 is 7.63. The molecule has 0 aliphatic heterocycles. The van der Waals surface area contributed by atoms with E-state index in [0.717, 1.165) is 21.3 Å². The molecular formula is C19H17N5O2S. The van der Waals surface area contributed by atoms with E-state index >= 15 is 0 Å². The smallest absolute Gasteiger partial charge is 0.356 e. The minimum Gasteiger partial charge on any atom is -0.461 e. The van der Waals surface area contributed by atoms with E-state index in [2.05, 4.69) is 20.8 Å². The van der Waals surface area contributed by atoms with E-state index in [0.29, 0.717) is 23.9 Å². The lowest BCUT2D eigenvalue weighted by Gasteiger charge is -2.03. The second-order valence-electron chi connectivity index (χ2n) is 5.81. The zero-order valence-electron chi connectivity index (χ0n) is 14.8. The molecule has 27 heavy (non-hydrogen) atoms. The van der Waals surface area contributed by atoms with Crippen molar-refractivity contribution in [2.24, 2.45) is 7.05 Å². The van der Waals surface area contributed by atoms with Crippen LogP contribution in [0, 0.1) is 0 Å². The number of esters is 1. The van der Waals surface area contributed by atoms with E-state index in [4.69, 9.17) is 9.72 Å². The van der Waals surface area contributed by atoms with Gasteiger partial charge in [0.25, 0.3) is 0 Å². The Labute approximate surface area is 159 Å². The summed E-state index contributed by atoms with van der Waals surface area (Å²) in [4.78, 5) is 20.8. The van der Waals surface area contributed by atoms with Crippen LogP contribution in [0.25, 0.3) is 21.3 Å². The van der Waals surface area contributed by atoms with Gasteiger partial charge in [-0.1, -0.05) is 0 Å². The summed E-state index contributed by atoms with van der Waals surface area (Å²) in [6.45, 7) is 2.09. The van der Waals surface area contributed by atoms with E-state index in [1.165, 1.54) is 4.68 Å². The van der Waals surface area contributed by atoms with E-state index in [1.807, 2.05) is 24.3 Å². The molecule has 4 rings (SSSR count). The summed E-state index contributed by atoms with van der Waals surface area (Å²) in [5, 5.41) is 9.57. The highest BCUT2D eigenvalue weighted by molar-refractivity contribution is 7.17. The van der Waals surface area contributed by atoms with E-state index in [-0.39, 0.29) is 0 Å². The summed E-state index contributed by atoms with van der Waals surface area (Å²) in [5.74, 6) is 0.791. The molecule has 0 saturated heterocycles. The Morgan fingerprint density at radius 1 is 1.22 bits per heavy atom. The number of carbonyl (C=O) groups is 1. The van der Waals surface area contributed by atoms with Crippen LogP contribution in [0.5, 0.6) is 0 Å². The normalized spacial score (nSPS) is 10.9. The maximum Gasteiger partial charge on any atom is 0.356 e. The van der Waals surface area contributed by atoms with Crippen LogP contribution in [0.4, 0.5) is 11.6 Å². The molecule has 4 aromatic heterocycles. The predicted molar refractivity (Wildman–Crippen MR) is 105 cm³/mol. The molecule has 0 spiro atoms. The third kappa shape index (κ3) is 3.39. The number of hydrogen-bond donors (Lipinski definition) is 1. The predicted octanol–water partition coefficient (Wildman–Crippen LogP) is 4.01. The lowest BCUT2D eigenvalue weighted by atomic mass is 10.1. The number of fused-ring (bicyclic) bond motifs is 1. The van der Waals surface area contributed by atoms with Crippen LogP contribution < -0.4 is 5.32 Å². The van der Waals surface area contributed by atoms with Gasteiger partial charge in [0, 0.05) is 36.5 Å². The monoisotopic (exact) mass is 379 g/mol. The molecular weight excluding hydrogens is 362 g/mol. The van der Waals surface area contributed by atoms with E-state index in [1.54, 1.807) is 43.8 Å². The van der Waals surface area contributed by atoms with E-state index < -0.39 is 5.97 Å². The fourth-order valence-electron chi connectivity index (χ4n) is 2.77. The molecule has 0 aromatic carbocycles. The quantitative estimate of drug-likeness (QED) is 0.528. The highest BCUT2D eigenvalue weighted by atomic mass is 32.1. The van der Waals surface area contributed by atoms with Crippen molar-refractivity contribution in [1.29, 1.82) is 0 Å². The molecule has 1 N–H and O–H groups in total. The third-order valence-corrected chi connectivity index (χ3v) is 4.97. The largest absolute Gasteiger partial charge is 0.461 e. The lowest BCUT2D eigenvalue weighted by molar-refractivity contribution is 0.0513. The van der Waals surface area contributed by atoms with E-state index in [9.17, 15) is 4.79 Å². The van der Waals surface area contributed by atoms with Gasteiger partial charge in [-0.3, -0.25) is 9.67 Å².